The number of anilines is 1. The Morgan fingerprint density at radius 1 is 1.08 bits per heavy atom. The number of fused-ring (bicyclic) bond motifs is 1. The number of carbonyl (C=O) groups excluding carboxylic acids is 1. The van der Waals surface area contributed by atoms with Gasteiger partial charge in [0.05, 0.1) is 6.26 Å². The molecule has 4 rings (SSSR count). The maximum Gasteiger partial charge on any atom is 0.292 e. The molecule has 0 bridgehead atoms. The topological polar surface area (TPSA) is 59.5 Å². The summed E-state index contributed by atoms with van der Waals surface area (Å²) >= 11 is 5.96. The molecule has 0 saturated carbocycles. The summed E-state index contributed by atoms with van der Waals surface area (Å²) in [6.45, 7) is 0. The predicted octanol–water partition coefficient (Wildman–Crippen LogP) is 4.50. The SMILES string of the molecule is O=C(Nc1c(-c2ccc(Cl)cc2)nc2ccccn12)c1ccco1. The van der Waals surface area contributed by atoms with Crippen molar-refractivity contribution in [2.24, 2.45) is 0 Å². The number of nitrogens with one attached hydrogen (secondary N) is 1. The molecule has 3 heterocycles. The van der Waals surface area contributed by atoms with Crippen LogP contribution in [-0.2, 0) is 0 Å². The van der Waals surface area contributed by atoms with Crippen LogP contribution in [0.5, 0.6) is 0 Å². The largest absolute Gasteiger partial charge is 0.459 e. The van der Waals surface area contributed by atoms with Gasteiger partial charge in [-0.2, -0.15) is 0 Å². The molecular weight excluding hydrogens is 326 g/mol. The van der Waals surface area contributed by atoms with Gasteiger partial charge in [-0.3, -0.25) is 9.20 Å². The first-order chi connectivity index (χ1) is 11.7. The number of halogens is 1. The lowest BCUT2D eigenvalue weighted by Crippen LogP contribution is -2.13. The van der Waals surface area contributed by atoms with Crippen molar-refractivity contribution in [3.8, 4) is 11.3 Å². The minimum atomic E-state index is -0.333. The molecule has 0 aliphatic carbocycles. The van der Waals surface area contributed by atoms with E-state index < -0.39 is 0 Å². The average Bonchev–Trinajstić information content (AvgIpc) is 3.24. The molecule has 1 N–H and O–H groups in total. The Morgan fingerprint density at radius 3 is 2.67 bits per heavy atom. The zero-order chi connectivity index (χ0) is 16.5. The van der Waals surface area contributed by atoms with Gasteiger partial charge < -0.3 is 9.73 Å². The van der Waals surface area contributed by atoms with E-state index >= 15 is 0 Å². The molecule has 118 valence electrons. The molecule has 0 unspecified atom stereocenters. The van der Waals surface area contributed by atoms with Crippen LogP contribution in [0.25, 0.3) is 16.9 Å². The van der Waals surface area contributed by atoms with Gasteiger partial charge in [-0.25, -0.2) is 4.98 Å². The number of benzene rings is 1. The summed E-state index contributed by atoms with van der Waals surface area (Å²) in [5, 5.41) is 3.53. The lowest BCUT2D eigenvalue weighted by Gasteiger charge is -2.06. The van der Waals surface area contributed by atoms with Crippen LogP contribution in [0.2, 0.25) is 5.02 Å². The monoisotopic (exact) mass is 337 g/mol. The summed E-state index contributed by atoms with van der Waals surface area (Å²) in [5.74, 6) is 0.484. The van der Waals surface area contributed by atoms with Crippen LogP contribution in [0.1, 0.15) is 10.6 Å². The molecule has 6 heteroatoms. The van der Waals surface area contributed by atoms with Crippen molar-refractivity contribution in [3.63, 3.8) is 0 Å². The maximum atomic E-state index is 12.4. The van der Waals surface area contributed by atoms with Gasteiger partial charge in [0.15, 0.2) is 5.76 Å². The van der Waals surface area contributed by atoms with Crippen molar-refractivity contribution in [2.75, 3.05) is 5.32 Å². The number of rotatable bonds is 3. The highest BCUT2D eigenvalue weighted by Gasteiger charge is 2.18. The molecule has 1 amide bonds. The standard InChI is InChI=1S/C18H12ClN3O2/c19-13-8-6-12(7-9-13)16-17(21-18(23)14-4-3-11-24-14)22-10-2-1-5-15(22)20-16/h1-11H,(H,21,23). The summed E-state index contributed by atoms with van der Waals surface area (Å²) in [7, 11) is 0. The number of aromatic nitrogens is 2. The third kappa shape index (κ3) is 2.55. The maximum absolute atomic E-state index is 12.4. The van der Waals surface area contributed by atoms with E-state index in [1.54, 1.807) is 24.3 Å². The minimum absolute atomic E-state index is 0.239. The van der Waals surface area contributed by atoms with Crippen LogP contribution in [-0.4, -0.2) is 15.3 Å². The Bertz CT molecular complexity index is 1000. The second-order valence-corrected chi connectivity index (χ2v) is 5.61. The first kappa shape index (κ1) is 14.5. The van der Waals surface area contributed by atoms with Crippen LogP contribution in [0.15, 0.2) is 71.5 Å². The zero-order valence-corrected chi connectivity index (χ0v) is 13.2. The molecular formula is C18H12ClN3O2. The van der Waals surface area contributed by atoms with E-state index in [0.717, 1.165) is 11.2 Å². The molecule has 3 aromatic heterocycles. The van der Waals surface area contributed by atoms with Gasteiger partial charge in [0, 0.05) is 16.8 Å². The van der Waals surface area contributed by atoms with Crippen LogP contribution >= 0.6 is 11.6 Å². The van der Waals surface area contributed by atoms with Crippen molar-refractivity contribution in [1.29, 1.82) is 0 Å². The van der Waals surface area contributed by atoms with Gasteiger partial charge in [-0.1, -0.05) is 29.8 Å². The molecule has 4 aromatic rings. The fourth-order valence-corrected chi connectivity index (χ4v) is 2.63. The highest BCUT2D eigenvalue weighted by Crippen LogP contribution is 2.30. The van der Waals surface area contributed by atoms with E-state index in [4.69, 9.17) is 16.0 Å². The molecule has 5 nitrogen and oxygen atoms in total. The average molecular weight is 338 g/mol. The molecule has 0 fully saturated rings. The van der Waals surface area contributed by atoms with Crippen LogP contribution in [0, 0.1) is 0 Å². The van der Waals surface area contributed by atoms with Gasteiger partial charge in [0.2, 0.25) is 0 Å². The Kier molecular flexibility index (Phi) is 3.55. The molecule has 0 aliphatic rings. The highest BCUT2D eigenvalue weighted by molar-refractivity contribution is 6.30. The summed E-state index contributed by atoms with van der Waals surface area (Å²) in [4.78, 5) is 17.0. The summed E-state index contributed by atoms with van der Waals surface area (Å²) in [6.07, 6.45) is 3.31. The number of hydrogen-bond acceptors (Lipinski definition) is 3. The first-order valence-electron chi connectivity index (χ1n) is 7.30. The van der Waals surface area contributed by atoms with Crippen molar-refractivity contribution in [3.05, 3.63) is 77.8 Å². The number of pyridine rings is 1. The number of hydrogen-bond donors (Lipinski definition) is 1. The van der Waals surface area contributed by atoms with Gasteiger partial charge in [0.25, 0.3) is 5.91 Å². The van der Waals surface area contributed by atoms with Crippen molar-refractivity contribution < 1.29 is 9.21 Å². The first-order valence-corrected chi connectivity index (χ1v) is 7.68. The third-order valence-corrected chi connectivity index (χ3v) is 3.88. The molecule has 1 aromatic carbocycles. The molecule has 0 atom stereocenters. The van der Waals surface area contributed by atoms with E-state index in [0.29, 0.717) is 16.5 Å². The number of imidazole rings is 1. The van der Waals surface area contributed by atoms with Gasteiger partial charge in [-0.05, 0) is 36.4 Å². The summed E-state index contributed by atoms with van der Waals surface area (Å²) in [5.41, 5.74) is 2.26. The lowest BCUT2D eigenvalue weighted by molar-refractivity contribution is 0.0996. The predicted molar refractivity (Wildman–Crippen MR) is 92.3 cm³/mol. The lowest BCUT2D eigenvalue weighted by atomic mass is 10.1. The smallest absolute Gasteiger partial charge is 0.292 e. The van der Waals surface area contributed by atoms with Crippen molar-refractivity contribution in [1.82, 2.24) is 9.38 Å². The fourth-order valence-electron chi connectivity index (χ4n) is 2.50. The summed E-state index contributed by atoms with van der Waals surface area (Å²) < 4.78 is 6.98. The quantitative estimate of drug-likeness (QED) is 0.598. The van der Waals surface area contributed by atoms with E-state index in [9.17, 15) is 4.79 Å². The van der Waals surface area contributed by atoms with Crippen LogP contribution < -0.4 is 5.32 Å². The second kappa shape index (κ2) is 5.86. The number of nitrogens with zero attached hydrogens (tertiary/aromatic N) is 2. The van der Waals surface area contributed by atoms with E-state index in [1.165, 1.54) is 6.26 Å². The minimum Gasteiger partial charge on any atom is -0.459 e. The fraction of sp³-hybridized carbons (Fsp3) is 0. The van der Waals surface area contributed by atoms with Crippen molar-refractivity contribution in [2.45, 2.75) is 0 Å². The van der Waals surface area contributed by atoms with Gasteiger partial charge in [0.1, 0.15) is 17.2 Å². The zero-order valence-electron chi connectivity index (χ0n) is 12.4. The Labute approximate surface area is 142 Å². The Morgan fingerprint density at radius 2 is 1.92 bits per heavy atom. The molecule has 0 spiro atoms. The molecule has 0 aliphatic heterocycles. The molecule has 0 radical (unpaired) electrons. The Hall–Kier alpha value is -3.05. The normalized spacial score (nSPS) is 10.9. The van der Waals surface area contributed by atoms with E-state index in [1.807, 2.05) is 40.9 Å². The van der Waals surface area contributed by atoms with Crippen LogP contribution in [0.4, 0.5) is 5.82 Å². The number of furan rings is 1. The van der Waals surface area contributed by atoms with Gasteiger partial charge >= 0.3 is 0 Å². The molecule has 0 saturated heterocycles. The third-order valence-electron chi connectivity index (χ3n) is 3.62. The summed E-state index contributed by atoms with van der Waals surface area (Å²) in [6, 6.07) is 16.2. The number of carbonyl (C=O) groups is 1. The second-order valence-electron chi connectivity index (χ2n) is 5.18. The van der Waals surface area contributed by atoms with E-state index in [-0.39, 0.29) is 11.7 Å². The highest BCUT2D eigenvalue weighted by atomic mass is 35.5. The van der Waals surface area contributed by atoms with Crippen molar-refractivity contribution >= 4 is 29.0 Å². The number of amides is 1. The molecule has 24 heavy (non-hydrogen) atoms. The van der Waals surface area contributed by atoms with Gasteiger partial charge in [-0.15, -0.1) is 0 Å². The van der Waals surface area contributed by atoms with Crippen LogP contribution in [0.3, 0.4) is 0 Å². The van der Waals surface area contributed by atoms with E-state index in [2.05, 4.69) is 10.3 Å². The Balaban J connectivity index is 1.84.